The molecule has 1 aromatic carbocycles. The second-order valence-corrected chi connectivity index (χ2v) is 5.91. The summed E-state index contributed by atoms with van der Waals surface area (Å²) in [6.45, 7) is 0. The van der Waals surface area contributed by atoms with Gasteiger partial charge in [0.15, 0.2) is 16.8 Å². The Morgan fingerprint density at radius 1 is 1.15 bits per heavy atom. The zero-order valence-electron chi connectivity index (χ0n) is 10.1. The molecule has 0 atom stereocenters. The maximum Gasteiger partial charge on any atom is 0.191 e. The Kier molecular flexibility index (Phi) is 3.54. The smallest absolute Gasteiger partial charge is 0.191 e. The summed E-state index contributed by atoms with van der Waals surface area (Å²) in [7, 11) is 0. The molecule has 0 saturated carbocycles. The number of anilines is 1. The van der Waals surface area contributed by atoms with Gasteiger partial charge in [-0.25, -0.2) is 18.7 Å². The van der Waals surface area contributed by atoms with Crippen molar-refractivity contribution in [2.24, 2.45) is 0 Å². The number of hydrogen-bond donors (Lipinski definition) is 1. The van der Waals surface area contributed by atoms with Crippen molar-refractivity contribution in [3.05, 3.63) is 46.8 Å². The Labute approximate surface area is 121 Å². The number of rotatable bonds is 3. The van der Waals surface area contributed by atoms with E-state index in [1.54, 1.807) is 6.07 Å². The Morgan fingerprint density at radius 3 is 2.80 bits per heavy atom. The van der Waals surface area contributed by atoms with Crippen molar-refractivity contribution in [1.82, 2.24) is 9.97 Å². The molecular formula is C13H9F2N3S2. The Hall–Kier alpha value is -1.73. The molecule has 3 nitrogen and oxygen atoms in total. The molecule has 3 rings (SSSR count). The summed E-state index contributed by atoms with van der Waals surface area (Å²) in [5, 5.41) is 3.27. The zero-order valence-corrected chi connectivity index (χ0v) is 11.8. The first kappa shape index (κ1) is 13.3. The molecule has 0 spiro atoms. The molecule has 2 heterocycles. The van der Waals surface area contributed by atoms with Gasteiger partial charge < -0.3 is 5.73 Å². The number of halogens is 2. The molecule has 0 radical (unpaired) electrons. The van der Waals surface area contributed by atoms with Crippen LogP contribution in [0, 0.1) is 11.6 Å². The molecule has 0 unspecified atom stereocenters. The van der Waals surface area contributed by atoms with Crippen molar-refractivity contribution in [1.29, 1.82) is 0 Å². The fraction of sp³-hybridized carbons (Fsp3) is 0.0769. The van der Waals surface area contributed by atoms with Gasteiger partial charge in [-0.3, -0.25) is 0 Å². The second kappa shape index (κ2) is 5.34. The van der Waals surface area contributed by atoms with Crippen molar-refractivity contribution in [3.8, 4) is 0 Å². The van der Waals surface area contributed by atoms with Crippen LogP contribution in [0.4, 0.5) is 14.6 Å². The first-order valence-electron chi connectivity index (χ1n) is 5.71. The highest BCUT2D eigenvalue weighted by molar-refractivity contribution is 7.98. The van der Waals surface area contributed by atoms with Crippen LogP contribution < -0.4 is 5.73 Å². The maximum atomic E-state index is 13.1. The van der Waals surface area contributed by atoms with E-state index in [4.69, 9.17) is 5.73 Å². The highest BCUT2D eigenvalue weighted by Crippen LogP contribution is 2.27. The number of fused-ring (bicyclic) bond motifs is 1. The number of thioether (sulfide) groups is 1. The largest absolute Gasteiger partial charge is 0.383 e. The van der Waals surface area contributed by atoms with Gasteiger partial charge in [-0.1, -0.05) is 17.8 Å². The van der Waals surface area contributed by atoms with Crippen molar-refractivity contribution >= 4 is 39.1 Å². The highest BCUT2D eigenvalue weighted by Gasteiger charge is 2.08. The normalized spacial score (nSPS) is 11.1. The molecule has 0 fully saturated rings. The molecule has 3 aromatic rings. The third-order valence-electron chi connectivity index (χ3n) is 2.69. The first-order chi connectivity index (χ1) is 9.63. The van der Waals surface area contributed by atoms with Gasteiger partial charge in [0, 0.05) is 5.75 Å². The summed E-state index contributed by atoms with van der Waals surface area (Å²) in [6, 6.07) is 5.70. The number of hydrogen-bond acceptors (Lipinski definition) is 5. The van der Waals surface area contributed by atoms with Crippen molar-refractivity contribution in [2.45, 2.75) is 10.9 Å². The number of aromatic nitrogens is 2. The second-order valence-electron chi connectivity index (χ2n) is 4.07. The monoisotopic (exact) mass is 309 g/mol. The number of thiophene rings is 1. The third-order valence-corrected chi connectivity index (χ3v) is 4.41. The topological polar surface area (TPSA) is 51.8 Å². The van der Waals surface area contributed by atoms with E-state index >= 15 is 0 Å². The summed E-state index contributed by atoms with van der Waals surface area (Å²) in [6.07, 6.45) is 0. The van der Waals surface area contributed by atoms with Gasteiger partial charge >= 0.3 is 0 Å². The molecule has 2 aromatic heterocycles. The number of nitrogen functional groups attached to an aromatic ring is 1. The van der Waals surface area contributed by atoms with Gasteiger partial charge in [-0.05, 0) is 29.1 Å². The predicted molar refractivity (Wildman–Crippen MR) is 77.7 cm³/mol. The van der Waals surface area contributed by atoms with E-state index in [9.17, 15) is 8.78 Å². The predicted octanol–water partition coefficient (Wildman–Crippen LogP) is 3.84. The van der Waals surface area contributed by atoms with Crippen LogP contribution in [0.2, 0.25) is 0 Å². The van der Waals surface area contributed by atoms with Gasteiger partial charge in [0.1, 0.15) is 10.6 Å². The number of nitrogens with two attached hydrogens (primary N) is 1. The van der Waals surface area contributed by atoms with Gasteiger partial charge in [-0.15, -0.1) is 11.3 Å². The average Bonchev–Trinajstić information content (AvgIpc) is 2.89. The molecule has 102 valence electrons. The number of benzene rings is 1. The summed E-state index contributed by atoms with van der Waals surface area (Å²) in [5.74, 6) is -0.811. The van der Waals surface area contributed by atoms with Gasteiger partial charge in [0.05, 0.1) is 5.39 Å². The van der Waals surface area contributed by atoms with Crippen molar-refractivity contribution < 1.29 is 8.78 Å². The van der Waals surface area contributed by atoms with E-state index in [1.807, 2.05) is 11.4 Å². The van der Waals surface area contributed by atoms with E-state index in [2.05, 4.69) is 9.97 Å². The molecule has 0 saturated heterocycles. The van der Waals surface area contributed by atoms with E-state index < -0.39 is 11.6 Å². The molecule has 0 aliphatic heterocycles. The summed E-state index contributed by atoms with van der Waals surface area (Å²) >= 11 is 2.82. The van der Waals surface area contributed by atoms with E-state index in [1.165, 1.54) is 29.2 Å². The minimum Gasteiger partial charge on any atom is -0.383 e. The SMILES string of the molecule is Nc1nc(SCc2ccc(F)c(F)c2)nc2sccc12. The summed E-state index contributed by atoms with van der Waals surface area (Å²) in [4.78, 5) is 9.40. The zero-order chi connectivity index (χ0) is 14.1. The van der Waals surface area contributed by atoms with E-state index in [0.717, 1.165) is 16.3 Å². The molecule has 0 aliphatic rings. The molecule has 0 amide bonds. The molecule has 20 heavy (non-hydrogen) atoms. The maximum absolute atomic E-state index is 13.1. The van der Waals surface area contributed by atoms with Crippen molar-refractivity contribution in [2.75, 3.05) is 5.73 Å². The Bertz CT molecular complexity index is 773. The van der Waals surface area contributed by atoms with Crippen LogP contribution in [0.1, 0.15) is 5.56 Å². The molecule has 7 heteroatoms. The third kappa shape index (κ3) is 2.59. The summed E-state index contributed by atoms with van der Waals surface area (Å²) in [5.41, 5.74) is 6.52. The Balaban J connectivity index is 1.80. The van der Waals surface area contributed by atoms with Crippen LogP contribution in [0.5, 0.6) is 0 Å². The van der Waals surface area contributed by atoms with Crippen LogP contribution in [0.25, 0.3) is 10.2 Å². The fourth-order valence-corrected chi connectivity index (χ4v) is 3.32. The minimum absolute atomic E-state index is 0.434. The summed E-state index contributed by atoms with van der Waals surface area (Å²) < 4.78 is 25.9. The Morgan fingerprint density at radius 2 is 2.00 bits per heavy atom. The molecule has 2 N–H and O–H groups in total. The van der Waals surface area contributed by atoms with Gasteiger partial charge in [0.2, 0.25) is 0 Å². The lowest BCUT2D eigenvalue weighted by Gasteiger charge is -2.03. The highest BCUT2D eigenvalue weighted by atomic mass is 32.2. The quantitative estimate of drug-likeness (QED) is 0.590. The van der Waals surface area contributed by atoms with Gasteiger partial charge in [0.25, 0.3) is 0 Å². The minimum atomic E-state index is -0.850. The van der Waals surface area contributed by atoms with Crippen LogP contribution in [0.3, 0.4) is 0 Å². The number of nitrogens with zero attached hydrogens (tertiary/aromatic N) is 2. The van der Waals surface area contributed by atoms with Crippen molar-refractivity contribution in [3.63, 3.8) is 0 Å². The van der Waals surface area contributed by atoms with Crippen LogP contribution in [-0.4, -0.2) is 9.97 Å². The van der Waals surface area contributed by atoms with Crippen LogP contribution in [-0.2, 0) is 5.75 Å². The lowest BCUT2D eigenvalue weighted by atomic mass is 10.2. The molecule has 0 bridgehead atoms. The molecule has 0 aliphatic carbocycles. The van der Waals surface area contributed by atoms with E-state index in [0.29, 0.717) is 22.3 Å². The lowest BCUT2D eigenvalue weighted by molar-refractivity contribution is 0.507. The van der Waals surface area contributed by atoms with E-state index in [-0.39, 0.29) is 0 Å². The molecular weight excluding hydrogens is 300 g/mol. The fourth-order valence-electron chi connectivity index (χ4n) is 1.70. The average molecular weight is 309 g/mol. The van der Waals surface area contributed by atoms with Gasteiger partial charge in [-0.2, -0.15) is 0 Å². The first-order valence-corrected chi connectivity index (χ1v) is 7.57. The lowest BCUT2D eigenvalue weighted by Crippen LogP contribution is -1.95. The van der Waals surface area contributed by atoms with Crippen LogP contribution >= 0.6 is 23.1 Å². The van der Waals surface area contributed by atoms with Crippen LogP contribution in [0.15, 0.2) is 34.8 Å². The standard InChI is InChI=1S/C13H9F2N3S2/c14-9-2-1-7(5-10(9)15)6-20-13-17-11(16)8-3-4-19-12(8)18-13/h1-5H,6H2,(H2,16,17,18).